The Morgan fingerprint density at radius 1 is 1.06 bits per heavy atom. The number of hydrogen-bond acceptors (Lipinski definition) is 4. The average molecular weight is 504 g/mol. The minimum absolute atomic E-state index is 0.0421. The SMILES string of the molecule is CC(C)c1cc(NC(=O)Nc2ccc(-c3cncc4c3cnn4C)cc2F)n(-c2cccc(Cl)c2)n1. The van der Waals surface area contributed by atoms with Crippen LogP contribution in [0.5, 0.6) is 0 Å². The van der Waals surface area contributed by atoms with Gasteiger partial charge < -0.3 is 5.32 Å². The molecular formula is C26H23ClFN7O. The number of aromatic nitrogens is 5. The van der Waals surface area contributed by atoms with E-state index in [9.17, 15) is 4.79 Å². The second-order valence-corrected chi connectivity index (χ2v) is 9.10. The predicted octanol–water partition coefficient (Wildman–Crippen LogP) is 6.38. The van der Waals surface area contributed by atoms with Gasteiger partial charge in [0.1, 0.15) is 11.6 Å². The van der Waals surface area contributed by atoms with Gasteiger partial charge in [-0.3, -0.25) is 15.0 Å². The monoisotopic (exact) mass is 503 g/mol. The zero-order valence-corrected chi connectivity index (χ0v) is 20.6. The van der Waals surface area contributed by atoms with Crippen LogP contribution >= 0.6 is 11.6 Å². The first-order valence-electron chi connectivity index (χ1n) is 11.3. The van der Waals surface area contributed by atoms with Crippen LogP contribution in [-0.4, -0.2) is 30.6 Å². The van der Waals surface area contributed by atoms with Crippen LogP contribution in [0.25, 0.3) is 27.7 Å². The maximum absolute atomic E-state index is 15.0. The highest BCUT2D eigenvalue weighted by Gasteiger charge is 2.17. The molecule has 10 heteroatoms. The number of rotatable bonds is 5. The number of amides is 2. The topological polar surface area (TPSA) is 89.7 Å². The van der Waals surface area contributed by atoms with Crippen molar-refractivity contribution in [3.8, 4) is 16.8 Å². The number of urea groups is 1. The first kappa shape index (κ1) is 23.5. The number of halogens is 2. The number of nitrogens with zero attached hydrogens (tertiary/aromatic N) is 5. The van der Waals surface area contributed by atoms with Gasteiger partial charge in [-0.25, -0.2) is 13.9 Å². The lowest BCUT2D eigenvalue weighted by atomic mass is 10.0. The molecule has 0 bridgehead atoms. The van der Waals surface area contributed by atoms with Gasteiger partial charge in [-0.05, 0) is 41.8 Å². The zero-order chi connectivity index (χ0) is 25.4. The summed E-state index contributed by atoms with van der Waals surface area (Å²) in [6, 6.07) is 12.9. The van der Waals surface area contributed by atoms with Gasteiger partial charge >= 0.3 is 6.03 Å². The molecule has 0 radical (unpaired) electrons. The van der Waals surface area contributed by atoms with E-state index in [-0.39, 0.29) is 11.6 Å². The van der Waals surface area contributed by atoms with E-state index in [4.69, 9.17) is 11.6 Å². The summed E-state index contributed by atoms with van der Waals surface area (Å²) in [7, 11) is 1.82. The second-order valence-electron chi connectivity index (χ2n) is 8.66. The van der Waals surface area contributed by atoms with E-state index in [2.05, 4.69) is 25.8 Å². The summed E-state index contributed by atoms with van der Waals surface area (Å²) in [4.78, 5) is 17.1. The average Bonchev–Trinajstić information content (AvgIpc) is 3.44. The molecule has 2 amide bonds. The molecule has 0 aliphatic rings. The Bertz CT molecular complexity index is 1590. The summed E-state index contributed by atoms with van der Waals surface area (Å²) in [6.45, 7) is 4.01. The van der Waals surface area contributed by atoms with Crippen molar-refractivity contribution >= 4 is 40.0 Å². The van der Waals surface area contributed by atoms with Crippen molar-refractivity contribution in [3.05, 3.63) is 83.7 Å². The van der Waals surface area contributed by atoms with Crippen LogP contribution in [0.3, 0.4) is 0 Å². The van der Waals surface area contributed by atoms with E-state index in [0.717, 1.165) is 22.2 Å². The van der Waals surface area contributed by atoms with Crippen LogP contribution in [0.2, 0.25) is 5.02 Å². The second kappa shape index (κ2) is 9.43. The van der Waals surface area contributed by atoms with Crippen molar-refractivity contribution in [2.75, 3.05) is 10.6 Å². The molecule has 0 saturated carbocycles. The Labute approximate surface area is 211 Å². The van der Waals surface area contributed by atoms with Crippen LogP contribution in [0.15, 0.2) is 67.1 Å². The summed E-state index contributed by atoms with van der Waals surface area (Å²) in [5.74, 6) is -0.00243. The highest BCUT2D eigenvalue weighted by atomic mass is 35.5. The molecule has 0 aliphatic heterocycles. The van der Waals surface area contributed by atoms with Crippen LogP contribution in [0, 0.1) is 5.82 Å². The summed E-state index contributed by atoms with van der Waals surface area (Å²) in [5.41, 5.74) is 3.75. The Morgan fingerprint density at radius 2 is 1.89 bits per heavy atom. The third-order valence-electron chi connectivity index (χ3n) is 5.82. The molecule has 5 rings (SSSR count). The molecule has 0 spiro atoms. The number of fused-ring (bicyclic) bond motifs is 1. The van der Waals surface area contributed by atoms with E-state index in [1.54, 1.807) is 58.3 Å². The van der Waals surface area contributed by atoms with Crippen LogP contribution in [0.1, 0.15) is 25.5 Å². The van der Waals surface area contributed by atoms with Gasteiger partial charge in [0.2, 0.25) is 0 Å². The minimum atomic E-state index is -0.601. The van der Waals surface area contributed by atoms with Gasteiger partial charge in [0.25, 0.3) is 0 Å². The van der Waals surface area contributed by atoms with Gasteiger partial charge in [-0.15, -0.1) is 0 Å². The van der Waals surface area contributed by atoms with Crippen LogP contribution in [0.4, 0.5) is 20.7 Å². The molecule has 8 nitrogen and oxygen atoms in total. The Morgan fingerprint density at radius 3 is 2.64 bits per heavy atom. The Balaban J connectivity index is 1.39. The first-order valence-corrected chi connectivity index (χ1v) is 11.7. The van der Waals surface area contributed by atoms with Gasteiger partial charge in [0, 0.05) is 35.3 Å². The van der Waals surface area contributed by atoms with Crippen molar-refractivity contribution in [1.82, 2.24) is 24.5 Å². The molecule has 0 aliphatic carbocycles. The number of nitrogens with one attached hydrogen (secondary N) is 2. The van der Waals surface area contributed by atoms with E-state index in [1.165, 1.54) is 12.1 Å². The molecule has 36 heavy (non-hydrogen) atoms. The van der Waals surface area contributed by atoms with Gasteiger partial charge in [0.05, 0.1) is 35.0 Å². The summed E-state index contributed by atoms with van der Waals surface area (Å²) in [6.07, 6.45) is 5.10. The van der Waals surface area contributed by atoms with Gasteiger partial charge in [0.15, 0.2) is 0 Å². The number of hydrogen-bond donors (Lipinski definition) is 2. The molecule has 0 saturated heterocycles. The third-order valence-corrected chi connectivity index (χ3v) is 6.05. The lowest BCUT2D eigenvalue weighted by molar-refractivity contribution is 0.262. The van der Waals surface area contributed by atoms with Crippen LogP contribution < -0.4 is 10.6 Å². The molecular weight excluding hydrogens is 481 g/mol. The fourth-order valence-electron chi connectivity index (χ4n) is 3.92. The van der Waals surface area contributed by atoms with E-state index in [0.29, 0.717) is 22.1 Å². The summed E-state index contributed by atoms with van der Waals surface area (Å²) in [5, 5.41) is 15.6. The standard InChI is InChI=1S/C26H23ClFN7O/c1-15(2)23-11-25(35(33-23)18-6-4-5-17(27)10-18)32-26(36)31-22-8-7-16(9-21(22)28)19-12-29-14-24-20(19)13-30-34(24)3/h4-15H,1-3H3,(H2,31,32,36). The molecule has 0 atom stereocenters. The number of anilines is 2. The minimum Gasteiger partial charge on any atom is -0.305 e. The fraction of sp³-hybridized carbons (Fsp3) is 0.154. The van der Waals surface area contributed by atoms with Gasteiger partial charge in [-0.1, -0.05) is 37.6 Å². The highest BCUT2D eigenvalue weighted by molar-refractivity contribution is 6.30. The van der Waals surface area contributed by atoms with Crippen molar-refractivity contribution in [2.45, 2.75) is 19.8 Å². The molecule has 0 unspecified atom stereocenters. The Kier molecular flexibility index (Phi) is 6.15. The molecule has 2 N–H and O–H groups in total. The van der Waals surface area contributed by atoms with Crippen molar-refractivity contribution in [3.63, 3.8) is 0 Å². The largest absolute Gasteiger partial charge is 0.324 e. The maximum atomic E-state index is 15.0. The number of carbonyl (C=O) groups is 1. The fourth-order valence-corrected chi connectivity index (χ4v) is 4.10. The van der Waals surface area contributed by atoms with Crippen molar-refractivity contribution in [2.24, 2.45) is 7.05 Å². The molecule has 3 heterocycles. The van der Waals surface area contributed by atoms with Gasteiger partial charge in [-0.2, -0.15) is 10.2 Å². The molecule has 0 fully saturated rings. The number of benzene rings is 2. The number of aryl methyl sites for hydroxylation is 1. The van der Waals surface area contributed by atoms with Crippen LogP contribution in [-0.2, 0) is 7.05 Å². The quantitative estimate of drug-likeness (QED) is 0.291. The molecule has 182 valence electrons. The highest BCUT2D eigenvalue weighted by Crippen LogP contribution is 2.30. The van der Waals surface area contributed by atoms with Crippen molar-refractivity contribution < 1.29 is 9.18 Å². The van der Waals surface area contributed by atoms with E-state index < -0.39 is 11.8 Å². The summed E-state index contributed by atoms with van der Waals surface area (Å²) < 4.78 is 18.3. The molecule has 2 aromatic carbocycles. The first-order chi connectivity index (χ1) is 17.3. The van der Waals surface area contributed by atoms with Crippen molar-refractivity contribution in [1.29, 1.82) is 0 Å². The number of carbonyl (C=O) groups excluding carboxylic acids is 1. The predicted molar refractivity (Wildman–Crippen MR) is 139 cm³/mol. The lowest BCUT2D eigenvalue weighted by Gasteiger charge is -2.12. The van der Waals surface area contributed by atoms with E-state index in [1.807, 2.05) is 27.0 Å². The zero-order valence-electron chi connectivity index (χ0n) is 19.8. The smallest absolute Gasteiger partial charge is 0.305 e. The number of pyridine rings is 1. The van der Waals surface area contributed by atoms with E-state index >= 15 is 4.39 Å². The maximum Gasteiger partial charge on any atom is 0.324 e. The normalized spacial score (nSPS) is 11.3. The molecule has 3 aromatic heterocycles. The third kappa shape index (κ3) is 4.52. The lowest BCUT2D eigenvalue weighted by Crippen LogP contribution is -2.22. The summed E-state index contributed by atoms with van der Waals surface area (Å²) >= 11 is 6.15. The molecule has 5 aromatic rings. The Hall–Kier alpha value is -4.24.